The minimum atomic E-state index is -0.432. The summed E-state index contributed by atoms with van der Waals surface area (Å²) >= 11 is 0. The number of carbonyl (C=O) groups is 1. The van der Waals surface area contributed by atoms with Crippen molar-refractivity contribution in [2.45, 2.75) is 38.8 Å². The zero-order valence-electron chi connectivity index (χ0n) is 19.1. The number of primary amides is 1. The summed E-state index contributed by atoms with van der Waals surface area (Å²) in [5, 5.41) is 0. The molecule has 3 aromatic rings. The minimum Gasteiger partial charge on any atom is -0.366 e. The summed E-state index contributed by atoms with van der Waals surface area (Å²) in [7, 11) is 3.91. The molecule has 1 aromatic heterocycles. The Morgan fingerprint density at radius 2 is 1.97 bits per heavy atom. The Morgan fingerprint density at radius 1 is 1.16 bits per heavy atom. The van der Waals surface area contributed by atoms with Crippen LogP contribution in [-0.4, -0.2) is 41.4 Å². The number of rotatable bonds is 6. The van der Waals surface area contributed by atoms with Crippen molar-refractivity contribution < 1.29 is 4.79 Å². The van der Waals surface area contributed by atoms with Gasteiger partial charge in [-0.2, -0.15) is 0 Å². The molecule has 1 saturated heterocycles. The van der Waals surface area contributed by atoms with Crippen molar-refractivity contribution in [2.24, 2.45) is 5.73 Å². The third kappa shape index (κ3) is 4.65. The third-order valence-corrected chi connectivity index (χ3v) is 6.23. The first kappa shape index (κ1) is 22.0. The van der Waals surface area contributed by atoms with Crippen LogP contribution >= 0.6 is 0 Å². The molecule has 1 fully saturated rings. The first-order chi connectivity index (χ1) is 15.4. The fourth-order valence-electron chi connectivity index (χ4n) is 4.41. The summed E-state index contributed by atoms with van der Waals surface area (Å²) in [5.74, 6) is 0.259. The topological polar surface area (TPSA) is 75.3 Å². The number of likely N-dealkylation sites (tertiary alicyclic amines) is 1. The lowest BCUT2D eigenvalue weighted by Crippen LogP contribution is -2.34. The van der Waals surface area contributed by atoms with Crippen molar-refractivity contribution in [3.05, 3.63) is 77.1 Å². The van der Waals surface area contributed by atoms with Gasteiger partial charge in [-0.3, -0.25) is 9.69 Å². The molecular formula is C26H31N5O. The van der Waals surface area contributed by atoms with Crippen LogP contribution in [0.15, 0.2) is 54.7 Å². The highest BCUT2D eigenvalue weighted by molar-refractivity contribution is 5.94. The van der Waals surface area contributed by atoms with Crippen LogP contribution in [0.4, 0.5) is 5.95 Å². The van der Waals surface area contributed by atoms with E-state index in [9.17, 15) is 4.79 Å². The fourth-order valence-corrected chi connectivity index (χ4v) is 4.41. The predicted octanol–water partition coefficient (Wildman–Crippen LogP) is 4.34. The molecule has 1 amide bonds. The van der Waals surface area contributed by atoms with E-state index in [1.54, 1.807) is 6.07 Å². The quantitative estimate of drug-likeness (QED) is 0.631. The van der Waals surface area contributed by atoms with Gasteiger partial charge in [0.25, 0.3) is 0 Å². The van der Waals surface area contributed by atoms with Gasteiger partial charge in [-0.15, -0.1) is 0 Å². The number of aromatic nitrogens is 2. The minimum absolute atomic E-state index is 0.178. The Labute approximate surface area is 190 Å². The highest BCUT2D eigenvalue weighted by Gasteiger charge is 2.29. The number of benzene rings is 2. The number of nitrogens with two attached hydrogens (primary N) is 1. The van der Waals surface area contributed by atoms with Gasteiger partial charge in [-0.05, 0) is 55.1 Å². The summed E-state index contributed by atoms with van der Waals surface area (Å²) in [5.41, 5.74) is 11.6. The second-order valence-corrected chi connectivity index (χ2v) is 8.72. The Kier molecular flexibility index (Phi) is 6.51. The monoisotopic (exact) mass is 429 g/mol. The smallest absolute Gasteiger partial charge is 0.248 e. The first-order valence-corrected chi connectivity index (χ1v) is 11.2. The molecule has 1 aliphatic heterocycles. The zero-order valence-corrected chi connectivity index (χ0v) is 19.1. The largest absolute Gasteiger partial charge is 0.366 e. The number of hydrogen-bond donors (Lipinski definition) is 1. The van der Waals surface area contributed by atoms with Gasteiger partial charge < -0.3 is 10.6 Å². The number of piperidine rings is 1. The molecule has 2 aromatic carbocycles. The maximum atomic E-state index is 11.8. The zero-order chi connectivity index (χ0) is 22.7. The maximum absolute atomic E-state index is 11.8. The molecule has 32 heavy (non-hydrogen) atoms. The summed E-state index contributed by atoms with van der Waals surface area (Å²) in [6, 6.07) is 16.2. The van der Waals surface area contributed by atoms with E-state index < -0.39 is 5.91 Å². The van der Waals surface area contributed by atoms with Crippen LogP contribution in [0.3, 0.4) is 0 Å². The van der Waals surface area contributed by atoms with Gasteiger partial charge in [-0.1, -0.05) is 42.8 Å². The molecule has 0 spiro atoms. The van der Waals surface area contributed by atoms with Gasteiger partial charge in [0.05, 0.1) is 11.7 Å². The molecule has 1 atom stereocenters. The SMILES string of the molecule is Cc1ccccc1CN1CCCC[C@@H]1c1nc(N(C)C)ncc1-c1cccc(C(N)=O)c1. The molecule has 6 nitrogen and oxygen atoms in total. The molecule has 4 rings (SSSR count). The molecule has 2 heterocycles. The van der Waals surface area contributed by atoms with E-state index in [0.717, 1.165) is 42.8 Å². The van der Waals surface area contributed by atoms with E-state index in [4.69, 9.17) is 10.7 Å². The average Bonchev–Trinajstić information content (AvgIpc) is 2.80. The molecule has 2 N–H and O–H groups in total. The molecule has 0 aliphatic carbocycles. The molecule has 0 bridgehead atoms. The van der Waals surface area contributed by atoms with Crippen LogP contribution in [-0.2, 0) is 6.54 Å². The summed E-state index contributed by atoms with van der Waals surface area (Å²) < 4.78 is 0. The Balaban J connectivity index is 1.79. The van der Waals surface area contributed by atoms with Gasteiger partial charge in [0.15, 0.2) is 0 Å². The van der Waals surface area contributed by atoms with Crippen LogP contribution in [0.2, 0.25) is 0 Å². The van der Waals surface area contributed by atoms with Crippen molar-refractivity contribution in [2.75, 3.05) is 25.5 Å². The van der Waals surface area contributed by atoms with Gasteiger partial charge in [0, 0.05) is 38.0 Å². The van der Waals surface area contributed by atoms with Gasteiger partial charge >= 0.3 is 0 Å². The van der Waals surface area contributed by atoms with E-state index >= 15 is 0 Å². The second kappa shape index (κ2) is 9.49. The number of aryl methyl sites for hydroxylation is 1. The molecular weight excluding hydrogens is 398 g/mol. The highest BCUT2D eigenvalue weighted by Crippen LogP contribution is 2.37. The van der Waals surface area contributed by atoms with Gasteiger partial charge in [0.1, 0.15) is 0 Å². The molecule has 166 valence electrons. The number of amides is 1. The van der Waals surface area contributed by atoms with E-state index in [1.807, 2.05) is 43.4 Å². The standard InChI is InChI=1S/C26H31N5O/c1-18-9-4-5-10-21(18)17-31-14-7-6-13-23(31)24-22(16-28-26(29-24)30(2)3)19-11-8-12-20(15-19)25(27)32/h4-5,8-12,15-16,23H,6-7,13-14,17H2,1-3H3,(H2,27,32)/t23-/m1/s1. The molecule has 1 aliphatic rings. The molecule has 6 heteroatoms. The lowest BCUT2D eigenvalue weighted by atomic mass is 9.92. The highest BCUT2D eigenvalue weighted by atomic mass is 16.1. The van der Waals surface area contributed by atoms with E-state index in [2.05, 4.69) is 41.1 Å². The normalized spacial score (nSPS) is 16.7. The second-order valence-electron chi connectivity index (χ2n) is 8.72. The van der Waals surface area contributed by atoms with Crippen LogP contribution in [0.25, 0.3) is 11.1 Å². The Morgan fingerprint density at radius 3 is 2.72 bits per heavy atom. The predicted molar refractivity (Wildman–Crippen MR) is 128 cm³/mol. The maximum Gasteiger partial charge on any atom is 0.248 e. The van der Waals surface area contributed by atoms with Crippen LogP contribution in [0, 0.1) is 6.92 Å². The summed E-state index contributed by atoms with van der Waals surface area (Å²) in [6.07, 6.45) is 5.27. The van der Waals surface area contributed by atoms with Crippen LogP contribution < -0.4 is 10.6 Å². The van der Waals surface area contributed by atoms with E-state index in [1.165, 1.54) is 17.5 Å². The summed E-state index contributed by atoms with van der Waals surface area (Å²) in [6.45, 7) is 4.09. The first-order valence-electron chi connectivity index (χ1n) is 11.2. The van der Waals surface area contributed by atoms with Crippen LogP contribution in [0.5, 0.6) is 0 Å². The van der Waals surface area contributed by atoms with E-state index in [0.29, 0.717) is 11.5 Å². The van der Waals surface area contributed by atoms with Crippen molar-refractivity contribution in [3.63, 3.8) is 0 Å². The van der Waals surface area contributed by atoms with Gasteiger partial charge in [0.2, 0.25) is 11.9 Å². The lowest BCUT2D eigenvalue weighted by molar-refractivity contribution is 0.100. The number of hydrogen-bond acceptors (Lipinski definition) is 5. The van der Waals surface area contributed by atoms with Gasteiger partial charge in [-0.25, -0.2) is 9.97 Å². The van der Waals surface area contributed by atoms with Crippen molar-refractivity contribution >= 4 is 11.9 Å². The fraction of sp³-hybridized carbons (Fsp3) is 0.346. The van der Waals surface area contributed by atoms with Crippen molar-refractivity contribution in [1.82, 2.24) is 14.9 Å². The molecule has 0 unspecified atom stereocenters. The van der Waals surface area contributed by atoms with Crippen LogP contribution in [0.1, 0.15) is 52.5 Å². The number of anilines is 1. The Hall–Kier alpha value is -3.25. The molecule has 0 saturated carbocycles. The lowest BCUT2D eigenvalue weighted by Gasteiger charge is -2.36. The average molecular weight is 430 g/mol. The number of carbonyl (C=O) groups excluding carboxylic acids is 1. The van der Waals surface area contributed by atoms with E-state index in [-0.39, 0.29) is 6.04 Å². The Bertz CT molecular complexity index is 1110. The van der Waals surface area contributed by atoms with Crippen molar-refractivity contribution in [3.8, 4) is 11.1 Å². The van der Waals surface area contributed by atoms with Crippen molar-refractivity contribution in [1.29, 1.82) is 0 Å². The third-order valence-electron chi connectivity index (χ3n) is 6.23. The summed E-state index contributed by atoms with van der Waals surface area (Å²) in [4.78, 5) is 25.9. The number of nitrogens with zero attached hydrogens (tertiary/aromatic N) is 4. The molecule has 0 radical (unpaired) electrons.